The Kier molecular flexibility index (Phi) is 3.48. The first-order valence-electron chi connectivity index (χ1n) is 8.07. The molecule has 2 N–H and O–H groups in total. The highest BCUT2D eigenvalue weighted by Gasteiger charge is 2.48. The van der Waals surface area contributed by atoms with Crippen molar-refractivity contribution in [3.8, 4) is 0 Å². The number of nitrogens with one attached hydrogen (secondary N) is 1. The van der Waals surface area contributed by atoms with Crippen LogP contribution in [0.3, 0.4) is 0 Å². The SMILES string of the molecule is C[C@H]1CC2(CC(O)c3cc(Cl)ccc32)C[C@@H](c2cn(C)nn2)N1. The van der Waals surface area contributed by atoms with E-state index < -0.39 is 6.10 Å². The van der Waals surface area contributed by atoms with Crippen molar-refractivity contribution >= 4 is 11.6 Å². The van der Waals surface area contributed by atoms with Gasteiger partial charge in [0.2, 0.25) is 0 Å². The summed E-state index contributed by atoms with van der Waals surface area (Å²) in [7, 11) is 1.88. The van der Waals surface area contributed by atoms with Gasteiger partial charge in [-0.1, -0.05) is 22.9 Å². The van der Waals surface area contributed by atoms with Crippen molar-refractivity contribution in [1.82, 2.24) is 20.3 Å². The third kappa shape index (κ3) is 2.47. The lowest BCUT2D eigenvalue weighted by atomic mass is 9.69. The van der Waals surface area contributed by atoms with Gasteiger partial charge in [-0.15, -0.1) is 5.10 Å². The molecule has 5 nitrogen and oxygen atoms in total. The summed E-state index contributed by atoms with van der Waals surface area (Å²) < 4.78 is 1.74. The van der Waals surface area contributed by atoms with Crippen LogP contribution in [0.5, 0.6) is 0 Å². The van der Waals surface area contributed by atoms with Gasteiger partial charge in [-0.25, -0.2) is 0 Å². The van der Waals surface area contributed by atoms with E-state index in [2.05, 4.69) is 28.6 Å². The van der Waals surface area contributed by atoms with E-state index in [0.717, 1.165) is 30.5 Å². The lowest BCUT2D eigenvalue weighted by Gasteiger charge is -2.42. The molecule has 0 bridgehead atoms. The third-order valence-electron chi connectivity index (χ3n) is 5.28. The zero-order chi connectivity index (χ0) is 16.2. The zero-order valence-electron chi connectivity index (χ0n) is 13.3. The van der Waals surface area contributed by atoms with Gasteiger partial charge in [0.05, 0.1) is 17.8 Å². The predicted octanol–water partition coefficient (Wildman–Crippen LogP) is 2.66. The van der Waals surface area contributed by atoms with Crippen LogP contribution in [0.15, 0.2) is 24.4 Å². The van der Waals surface area contributed by atoms with E-state index >= 15 is 0 Å². The number of rotatable bonds is 1. The number of aromatic nitrogens is 3. The van der Waals surface area contributed by atoms with Crippen LogP contribution in [0.25, 0.3) is 0 Å². The molecule has 1 aliphatic heterocycles. The monoisotopic (exact) mass is 332 g/mol. The summed E-state index contributed by atoms with van der Waals surface area (Å²) >= 11 is 6.13. The van der Waals surface area contributed by atoms with Crippen LogP contribution in [-0.2, 0) is 12.5 Å². The second kappa shape index (κ2) is 5.30. The molecule has 1 saturated heterocycles. The van der Waals surface area contributed by atoms with E-state index in [1.807, 2.05) is 25.4 Å². The summed E-state index contributed by atoms with van der Waals surface area (Å²) in [6, 6.07) is 6.45. The lowest BCUT2D eigenvalue weighted by Crippen LogP contribution is -2.46. The molecular weight excluding hydrogens is 312 g/mol. The van der Waals surface area contributed by atoms with Crippen molar-refractivity contribution < 1.29 is 5.11 Å². The minimum absolute atomic E-state index is 0.0216. The highest BCUT2D eigenvalue weighted by Crippen LogP contribution is 2.54. The van der Waals surface area contributed by atoms with Gasteiger partial charge in [0.25, 0.3) is 0 Å². The fourth-order valence-corrected chi connectivity index (χ4v) is 4.69. The van der Waals surface area contributed by atoms with Gasteiger partial charge in [-0.05, 0) is 49.4 Å². The minimum Gasteiger partial charge on any atom is -0.388 e. The molecule has 0 saturated carbocycles. The quantitative estimate of drug-likeness (QED) is 0.842. The fraction of sp³-hybridized carbons (Fsp3) is 0.529. The van der Waals surface area contributed by atoms with Crippen molar-refractivity contribution in [3.63, 3.8) is 0 Å². The summed E-state index contributed by atoms with van der Waals surface area (Å²) in [6.45, 7) is 2.20. The predicted molar refractivity (Wildman–Crippen MR) is 88.3 cm³/mol. The van der Waals surface area contributed by atoms with Crippen molar-refractivity contribution in [2.45, 2.75) is 49.8 Å². The molecule has 2 unspecified atom stereocenters. The summed E-state index contributed by atoms with van der Waals surface area (Å²) in [5, 5.41) is 23.2. The molecule has 2 aliphatic rings. The number of aliphatic hydroxyl groups is 1. The van der Waals surface area contributed by atoms with Gasteiger partial charge in [0, 0.05) is 29.7 Å². The molecule has 6 heteroatoms. The van der Waals surface area contributed by atoms with Gasteiger partial charge < -0.3 is 10.4 Å². The Hall–Kier alpha value is -1.43. The summed E-state index contributed by atoms with van der Waals surface area (Å²) in [4.78, 5) is 0. The van der Waals surface area contributed by atoms with Gasteiger partial charge >= 0.3 is 0 Å². The normalized spacial score (nSPS) is 33.1. The van der Waals surface area contributed by atoms with Gasteiger partial charge in [-0.3, -0.25) is 4.68 Å². The molecule has 4 rings (SSSR count). The van der Waals surface area contributed by atoms with Crippen LogP contribution in [0.2, 0.25) is 5.02 Å². The molecule has 122 valence electrons. The molecule has 2 aromatic rings. The highest BCUT2D eigenvalue weighted by atomic mass is 35.5. The van der Waals surface area contributed by atoms with Gasteiger partial charge in [0.15, 0.2) is 0 Å². The van der Waals surface area contributed by atoms with Crippen LogP contribution in [-0.4, -0.2) is 26.1 Å². The number of aryl methyl sites for hydroxylation is 1. The Labute approximate surface area is 140 Å². The first kappa shape index (κ1) is 15.1. The number of benzene rings is 1. The maximum atomic E-state index is 10.6. The second-order valence-electron chi connectivity index (χ2n) is 7.08. The molecule has 1 aromatic carbocycles. The average molecular weight is 333 g/mol. The Bertz CT molecular complexity index is 746. The molecule has 4 atom stereocenters. The number of hydrogen-bond acceptors (Lipinski definition) is 4. The summed E-state index contributed by atoms with van der Waals surface area (Å²) in [5.74, 6) is 0. The molecule has 0 amide bonds. The number of halogens is 1. The van der Waals surface area contributed by atoms with Crippen molar-refractivity contribution in [1.29, 1.82) is 0 Å². The smallest absolute Gasteiger partial charge is 0.0996 e. The van der Waals surface area contributed by atoms with Crippen molar-refractivity contribution in [2.24, 2.45) is 7.05 Å². The van der Waals surface area contributed by atoms with E-state index in [9.17, 15) is 5.11 Å². The number of nitrogens with zero attached hydrogens (tertiary/aromatic N) is 3. The number of aliphatic hydroxyl groups excluding tert-OH is 1. The van der Waals surface area contributed by atoms with E-state index in [1.54, 1.807) is 4.68 Å². The first-order chi connectivity index (χ1) is 11.0. The minimum atomic E-state index is -0.434. The molecule has 1 aliphatic carbocycles. The maximum absolute atomic E-state index is 10.6. The average Bonchev–Trinajstić information content (AvgIpc) is 3.02. The molecule has 1 spiro atoms. The highest BCUT2D eigenvalue weighted by molar-refractivity contribution is 6.30. The van der Waals surface area contributed by atoms with Gasteiger partial charge in [-0.2, -0.15) is 0 Å². The topological polar surface area (TPSA) is 63.0 Å². The Morgan fingerprint density at radius 2 is 2.17 bits per heavy atom. The van der Waals surface area contributed by atoms with E-state index in [4.69, 9.17) is 11.6 Å². The molecule has 1 fully saturated rings. The molecule has 2 heterocycles. The number of hydrogen-bond donors (Lipinski definition) is 2. The lowest BCUT2D eigenvalue weighted by molar-refractivity contribution is 0.122. The molecule has 1 aromatic heterocycles. The van der Waals surface area contributed by atoms with Gasteiger partial charge in [0.1, 0.15) is 0 Å². The van der Waals surface area contributed by atoms with Crippen LogP contribution < -0.4 is 5.32 Å². The summed E-state index contributed by atoms with van der Waals surface area (Å²) in [6.07, 6.45) is 4.22. The zero-order valence-corrected chi connectivity index (χ0v) is 14.1. The number of piperidine rings is 1. The first-order valence-corrected chi connectivity index (χ1v) is 8.45. The maximum Gasteiger partial charge on any atom is 0.0996 e. The van der Waals surface area contributed by atoms with Crippen LogP contribution >= 0.6 is 11.6 Å². The standard InChI is InChI=1S/C17H21ClN4O/c1-10-6-17(7-14(19-10)15-9-22(2)21-20-15)8-16(23)12-5-11(18)3-4-13(12)17/h3-5,9-10,14,16,19,23H,6-8H2,1-2H3/t10-,14-,16?,17?/m0/s1. The number of fused-ring (bicyclic) bond motifs is 2. The molecule has 0 radical (unpaired) electrons. The van der Waals surface area contributed by atoms with Crippen LogP contribution in [0.4, 0.5) is 0 Å². The second-order valence-corrected chi connectivity index (χ2v) is 7.51. The van der Waals surface area contributed by atoms with E-state index in [0.29, 0.717) is 11.1 Å². The van der Waals surface area contributed by atoms with E-state index in [1.165, 1.54) is 5.56 Å². The fourth-order valence-electron chi connectivity index (χ4n) is 4.51. The Morgan fingerprint density at radius 3 is 2.91 bits per heavy atom. The van der Waals surface area contributed by atoms with Crippen molar-refractivity contribution in [3.05, 3.63) is 46.2 Å². The largest absolute Gasteiger partial charge is 0.388 e. The Balaban J connectivity index is 1.74. The van der Waals surface area contributed by atoms with Crippen molar-refractivity contribution in [2.75, 3.05) is 0 Å². The van der Waals surface area contributed by atoms with E-state index in [-0.39, 0.29) is 11.5 Å². The van der Waals surface area contributed by atoms with Crippen LogP contribution in [0.1, 0.15) is 55.2 Å². The molecular formula is C17H21ClN4O. The third-order valence-corrected chi connectivity index (χ3v) is 5.52. The van der Waals surface area contributed by atoms with Crippen LogP contribution in [0, 0.1) is 0 Å². The Morgan fingerprint density at radius 1 is 1.35 bits per heavy atom. The molecule has 23 heavy (non-hydrogen) atoms. The summed E-state index contributed by atoms with van der Waals surface area (Å²) in [5.41, 5.74) is 3.18.